The van der Waals surface area contributed by atoms with Gasteiger partial charge in [-0.15, -0.1) is 0 Å². The van der Waals surface area contributed by atoms with Crippen LogP contribution in [0.5, 0.6) is 17.2 Å². The number of hydrogen-bond acceptors (Lipinski definition) is 5. The lowest BCUT2D eigenvalue weighted by Crippen LogP contribution is -2.34. The molecule has 136 valence electrons. The second-order valence-corrected chi connectivity index (χ2v) is 7.29. The Kier molecular flexibility index (Phi) is 4.45. The van der Waals surface area contributed by atoms with Gasteiger partial charge in [-0.3, -0.25) is 9.78 Å². The molecular weight excluding hydrogens is 377 g/mol. The monoisotopic (exact) mass is 393 g/mol. The van der Waals surface area contributed by atoms with Gasteiger partial charge in [0.15, 0.2) is 17.3 Å². The lowest BCUT2D eigenvalue weighted by Gasteiger charge is -2.21. The zero-order valence-corrected chi connectivity index (χ0v) is 15.7. The SMILES string of the molecule is COc1ccc(C(=O)Cc2c(Cl)cncc2Cl)c2c1OC1(CCCC1)O2. The largest absolute Gasteiger partial charge is 0.493 e. The molecule has 0 unspecified atom stereocenters. The molecule has 0 radical (unpaired) electrons. The number of hydrogen-bond donors (Lipinski definition) is 0. The van der Waals surface area contributed by atoms with E-state index < -0.39 is 5.79 Å². The third kappa shape index (κ3) is 2.89. The van der Waals surface area contributed by atoms with Gasteiger partial charge in [-0.25, -0.2) is 0 Å². The maximum atomic E-state index is 13.0. The fraction of sp³-hybridized carbons (Fsp3) is 0.368. The van der Waals surface area contributed by atoms with Crippen LogP contribution in [0.2, 0.25) is 10.0 Å². The first kappa shape index (κ1) is 17.4. The summed E-state index contributed by atoms with van der Waals surface area (Å²) in [7, 11) is 1.57. The number of pyridine rings is 1. The molecule has 1 aromatic heterocycles. The summed E-state index contributed by atoms with van der Waals surface area (Å²) in [5, 5.41) is 0.723. The van der Waals surface area contributed by atoms with Crippen molar-refractivity contribution in [2.24, 2.45) is 0 Å². The van der Waals surface area contributed by atoms with E-state index in [2.05, 4.69) is 4.98 Å². The number of carbonyl (C=O) groups excluding carboxylic acids is 1. The van der Waals surface area contributed by atoms with Gasteiger partial charge in [0, 0.05) is 37.2 Å². The Morgan fingerprint density at radius 1 is 1.15 bits per heavy atom. The van der Waals surface area contributed by atoms with E-state index in [1.807, 2.05) is 0 Å². The van der Waals surface area contributed by atoms with Crippen molar-refractivity contribution in [1.82, 2.24) is 4.98 Å². The fourth-order valence-electron chi connectivity index (χ4n) is 3.50. The Bertz CT molecular complexity index is 858. The first-order chi connectivity index (χ1) is 12.5. The van der Waals surface area contributed by atoms with E-state index in [0.29, 0.717) is 38.4 Å². The van der Waals surface area contributed by atoms with Crippen molar-refractivity contribution in [2.75, 3.05) is 7.11 Å². The Hall–Kier alpha value is -1.98. The van der Waals surface area contributed by atoms with E-state index in [-0.39, 0.29) is 12.2 Å². The van der Waals surface area contributed by atoms with Crippen LogP contribution in [0.25, 0.3) is 0 Å². The van der Waals surface area contributed by atoms with E-state index >= 15 is 0 Å². The van der Waals surface area contributed by atoms with Gasteiger partial charge in [0.05, 0.1) is 22.7 Å². The Labute approximate surface area is 161 Å². The van der Waals surface area contributed by atoms with Gasteiger partial charge in [-0.05, 0) is 25.0 Å². The summed E-state index contributed by atoms with van der Waals surface area (Å²) in [5.41, 5.74) is 0.987. The smallest absolute Gasteiger partial charge is 0.251 e. The minimum absolute atomic E-state index is 0.0509. The number of benzene rings is 1. The quantitative estimate of drug-likeness (QED) is 0.693. The summed E-state index contributed by atoms with van der Waals surface area (Å²) < 4.78 is 17.6. The topological polar surface area (TPSA) is 57.7 Å². The molecular formula is C19H17Cl2NO4. The van der Waals surface area contributed by atoms with Crippen LogP contribution >= 0.6 is 23.2 Å². The summed E-state index contributed by atoms with van der Waals surface area (Å²) in [6, 6.07) is 3.42. The van der Waals surface area contributed by atoms with Crippen LogP contribution in [0.15, 0.2) is 24.5 Å². The number of Topliss-reactive ketones (excluding diaryl/α,β-unsaturated/α-hetero) is 1. The van der Waals surface area contributed by atoms with Crippen LogP contribution in [-0.2, 0) is 6.42 Å². The van der Waals surface area contributed by atoms with Crippen molar-refractivity contribution < 1.29 is 19.0 Å². The van der Waals surface area contributed by atoms with Gasteiger partial charge in [0.25, 0.3) is 5.79 Å². The standard InChI is InChI=1S/C19H17Cl2NO4/c1-24-16-5-4-11(15(23)8-12-13(20)9-22-10-14(12)21)17-18(16)26-19(25-17)6-2-3-7-19/h4-5,9-10H,2-3,6-8H2,1H3. The molecule has 7 heteroatoms. The Balaban J connectivity index is 1.70. The molecule has 2 heterocycles. The number of rotatable bonds is 4. The number of aromatic nitrogens is 1. The molecule has 1 aromatic carbocycles. The molecule has 1 aliphatic heterocycles. The predicted molar refractivity (Wildman–Crippen MR) is 97.7 cm³/mol. The summed E-state index contributed by atoms with van der Waals surface area (Å²) in [5.74, 6) is 0.653. The fourth-order valence-corrected chi connectivity index (χ4v) is 3.99. The summed E-state index contributed by atoms with van der Waals surface area (Å²) in [4.78, 5) is 16.9. The Morgan fingerprint density at radius 2 is 1.81 bits per heavy atom. The molecule has 1 fully saturated rings. The third-order valence-electron chi connectivity index (χ3n) is 4.83. The van der Waals surface area contributed by atoms with Crippen LogP contribution in [0.3, 0.4) is 0 Å². The lowest BCUT2D eigenvalue weighted by atomic mass is 10.0. The van der Waals surface area contributed by atoms with Crippen molar-refractivity contribution in [3.63, 3.8) is 0 Å². The van der Waals surface area contributed by atoms with E-state index in [9.17, 15) is 4.79 Å². The number of fused-ring (bicyclic) bond motifs is 1. The van der Waals surface area contributed by atoms with Crippen LogP contribution in [0.4, 0.5) is 0 Å². The number of nitrogens with zero attached hydrogens (tertiary/aromatic N) is 1. The lowest BCUT2D eigenvalue weighted by molar-refractivity contribution is -0.0724. The molecule has 26 heavy (non-hydrogen) atoms. The Morgan fingerprint density at radius 3 is 2.46 bits per heavy atom. The second-order valence-electron chi connectivity index (χ2n) is 6.48. The van der Waals surface area contributed by atoms with E-state index in [0.717, 1.165) is 25.7 Å². The average molecular weight is 394 g/mol. The van der Waals surface area contributed by atoms with Crippen molar-refractivity contribution >= 4 is 29.0 Å². The molecule has 0 bridgehead atoms. The van der Waals surface area contributed by atoms with Crippen LogP contribution < -0.4 is 14.2 Å². The zero-order chi connectivity index (χ0) is 18.3. The van der Waals surface area contributed by atoms with Crippen molar-refractivity contribution in [1.29, 1.82) is 0 Å². The van der Waals surface area contributed by atoms with Crippen LogP contribution in [0, 0.1) is 0 Å². The molecule has 0 amide bonds. The first-order valence-electron chi connectivity index (χ1n) is 8.43. The van der Waals surface area contributed by atoms with Gasteiger partial charge < -0.3 is 14.2 Å². The van der Waals surface area contributed by atoms with E-state index in [1.54, 1.807) is 19.2 Å². The van der Waals surface area contributed by atoms with Crippen LogP contribution in [0.1, 0.15) is 41.6 Å². The van der Waals surface area contributed by atoms with Gasteiger partial charge >= 0.3 is 0 Å². The van der Waals surface area contributed by atoms with Crippen molar-refractivity contribution in [3.05, 3.63) is 45.7 Å². The normalized spacial score (nSPS) is 16.9. The van der Waals surface area contributed by atoms with Gasteiger partial charge in [0.2, 0.25) is 5.75 Å². The number of ether oxygens (including phenoxy) is 3. The molecule has 4 rings (SSSR count). The van der Waals surface area contributed by atoms with Gasteiger partial charge in [-0.1, -0.05) is 23.2 Å². The highest BCUT2D eigenvalue weighted by molar-refractivity contribution is 6.36. The maximum absolute atomic E-state index is 13.0. The number of halogens is 2. The number of carbonyl (C=O) groups is 1. The van der Waals surface area contributed by atoms with Crippen molar-refractivity contribution in [3.8, 4) is 17.2 Å². The average Bonchev–Trinajstić information content (AvgIpc) is 3.23. The third-order valence-corrected chi connectivity index (χ3v) is 5.48. The first-order valence-corrected chi connectivity index (χ1v) is 9.19. The summed E-state index contributed by atoms with van der Waals surface area (Å²) in [6.45, 7) is 0. The maximum Gasteiger partial charge on any atom is 0.251 e. The molecule has 5 nitrogen and oxygen atoms in total. The minimum atomic E-state index is -0.683. The highest BCUT2D eigenvalue weighted by Crippen LogP contribution is 2.52. The highest BCUT2D eigenvalue weighted by atomic mass is 35.5. The van der Waals surface area contributed by atoms with E-state index in [1.165, 1.54) is 12.4 Å². The molecule has 0 atom stereocenters. The molecule has 1 spiro atoms. The van der Waals surface area contributed by atoms with Gasteiger partial charge in [0.1, 0.15) is 0 Å². The number of ketones is 1. The van der Waals surface area contributed by atoms with Gasteiger partial charge in [-0.2, -0.15) is 0 Å². The second kappa shape index (κ2) is 6.63. The molecule has 1 aliphatic carbocycles. The molecule has 2 aromatic rings. The zero-order valence-electron chi connectivity index (χ0n) is 14.2. The highest BCUT2D eigenvalue weighted by Gasteiger charge is 2.46. The predicted octanol–water partition coefficient (Wildman–Crippen LogP) is 4.86. The number of methoxy groups -OCH3 is 1. The van der Waals surface area contributed by atoms with E-state index in [4.69, 9.17) is 37.4 Å². The van der Waals surface area contributed by atoms with Crippen molar-refractivity contribution in [2.45, 2.75) is 37.9 Å². The molecule has 2 aliphatic rings. The molecule has 0 N–H and O–H groups in total. The minimum Gasteiger partial charge on any atom is -0.493 e. The molecule has 0 saturated heterocycles. The molecule has 1 saturated carbocycles. The summed E-state index contributed by atoms with van der Waals surface area (Å²) in [6.07, 6.45) is 6.64. The summed E-state index contributed by atoms with van der Waals surface area (Å²) >= 11 is 12.3. The van der Waals surface area contributed by atoms with Crippen LogP contribution in [-0.4, -0.2) is 23.7 Å².